The Kier molecular flexibility index (Phi) is 3.35. The van der Waals surface area contributed by atoms with Crippen molar-refractivity contribution < 1.29 is 9.47 Å². The van der Waals surface area contributed by atoms with Gasteiger partial charge >= 0.3 is 0 Å². The second-order valence-electron chi connectivity index (χ2n) is 5.73. The summed E-state index contributed by atoms with van der Waals surface area (Å²) >= 11 is 6.31. The van der Waals surface area contributed by atoms with Crippen molar-refractivity contribution in [2.24, 2.45) is 11.7 Å². The topological polar surface area (TPSA) is 44.5 Å². The van der Waals surface area contributed by atoms with Crippen molar-refractivity contribution in [1.82, 2.24) is 0 Å². The van der Waals surface area contributed by atoms with E-state index >= 15 is 0 Å². The summed E-state index contributed by atoms with van der Waals surface area (Å²) in [6.07, 6.45) is 4.80. The molecule has 0 spiro atoms. The molecule has 3 rings (SSSR count). The molecule has 0 amide bonds. The highest BCUT2D eigenvalue weighted by Gasteiger charge is 2.43. The summed E-state index contributed by atoms with van der Waals surface area (Å²) in [7, 11) is 1.63. The van der Waals surface area contributed by atoms with E-state index in [4.69, 9.17) is 26.8 Å². The summed E-state index contributed by atoms with van der Waals surface area (Å²) in [5.74, 6) is 2.10. The van der Waals surface area contributed by atoms with Gasteiger partial charge in [0.25, 0.3) is 0 Å². The van der Waals surface area contributed by atoms with Gasteiger partial charge in [0.1, 0.15) is 0 Å². The van der Waals surface area contributed by atoms with E-state index in [2.05, 4.69) is 6.07 Å². The molecule has 2 aliphatic rings. The minimum atomic E-state index is 0.119. The number of nitrogens with two attached hydrogens (primary N) is 1. The SMILES string of the molecule is COc1c(Cl)cc(C2(CN)CC2)cc1OCC1CC1. The number of hydrogen-bond donors (Lipinski definition) is 1. The molecule has 2 saturated carbocycles. The van der Waals surface area contributed by atoms with Gasteiger partial charge in [0.15, 0.2) is 11.5 Å². The van der Waals surface area contributed by atoms with E-state index in [-0.39, 0.29) is 5.41 Å². The summed E-state index contributed by atoms with van der Waals surface area (Å²) in [5.41, 5.74) is 7.19. The molecular weight excluding hydrogens is 262 g/mol. The minimum Gasteiger partial charge on any atom is -0.491 e. The van der Waals surface area contributed by atoms with Gasteiger partial charge in [0.05, 0.1) is 18.7 Å². The van der Waals surface area contributed by atoms with E-state index in [0.717, 1.165) is 25.2 Å². The molecule has 0 aromatic heterocycles. The van der Waals surface area contributed by atoms with E-state index in [1.165, 1.54) is 18.4 Å². The zero-order valence-corrected chi connectivity index (χ0v) is 12.0. The van der Waals surface area contributed by atoms with Crippen molar-refractivity contribution in [2.45, 2.75) is 31.1 Å². The molecule has 0 radical (unpaired) electrons. The van der Waals surface area contributed by atoms with Gasteiger partial charge < -0.3 is 15.2 Å². The number of rotatable bonds is 6. The van der Waals surface area contributed by atoms with Crippen LogP contribution in [0.15, 0.2) is 12.1 Å². The largest absolute Gasteiger partial charge is 0.491 e. The first-order chi connectivity index (χ1) is 9.18. The minimum absolute atomic E-state index is 0.119. The first-order valence-electron chi connectivity index (χ1n) is 6.89. The molecule has 1 aromatic rings. The Morgan fingerprint density at radius 2 is 2.11 bits per heavy atom. The fraction of sp³-hybridized carbons (Fsp3) is 0.600. The zero-order chi connectivity index (χ0) is 13.5. The van der Waals surface area contributed by atoms with Crippen LogP contribution in [0.2, 0.25) is 5.02 Å². The molecule has 2 N–H and O–H groups in total. The van der Waals surface area contributed by atoms with Crippen molar-refractivity contribution in [3.8, 4) is 11.5 Å². The molecule has 0 saturated heterocycles. The van der Waals surface area contributed by atoms with Crippen molar-refractivity contribution in [2.75, 3.05) is 20.3 Å². The van der Waals surface area contributed by atoms with Crippen LogP contribution in [0.3, 0.4) is 0 Å². The van der Waals surface area contributed by atoms with Crippen LogP contribution in [0.25, 0.3) is 0 Å². The lowest BCUT2D eigenvalue weighted by atomic mass is 9.96. The third kappa shape index (κ3) is 2.54. The smallest absolute Gasteiger partial charge is 0.179 e. The predicted molar refractivity (Wildman–Crippen MR) is 76.2 cm³/mol. The molecular formula is C15H20ClNO2. The van der Waals surface area contributed by atoms with Crippen molar-refractivity contribution >= 4 is 11.6 Å². The maximum Gasteiger partial charge on any atom is 0.179 e. The fourth-order valence-electron chi connectivity index (χ4n) is 2.43. The van der Waals surface area contributed by atoms with E-state index in [1.807, 2.05) is 6.07 Å². The highest BCUT2D eigenvalue weighted by atomic mass is 35.5. The lowest BCUT2D eigenvalue weighted by Crippen LogP contribution is -2.20. The van der Waals surface area contributed by atoms with Gasteiger partial charge in [-0.05, 0) is 49.3 Å². The number of halogens is 1. The number of methoxy groups -OCH3 is 1. The Balaban J connectivity index is 1.89. The van der Waals surface area contributed by atoms with Gasteiger partial charge in [-0.25, -0.2) is 0 Å². The molecule has 19 heavy (non-hydrogen) atoms. The van der Waals surface area contributed by atoms with Crippen LogP contribution in [0.5, 0.6) is 11.5 Å². The normalized spacial score (nSPS) is 20.2. The van der Waals surface area contributed by atoms with Gasteiger partial charge in [0.2, 0.25) is 0 Å². The highest BCUT2D eigenvalue weighted by molar-refractivity contribution is 6.32. The van der Waals surface area contributed by atoms with Crippen LogP contribution in [0.4, 0.5) is 0 Å². The third-order valence-corrected chi connectivity index (χ3v) is 4.52. The fourth-order valence-corrected chi connectivity index (χ4v) is 2.72. The molecule has 0 bridgehead atoms. The zero-order valence-electron chi connectivity index (χ0n) is 11.2. The van der Waals surface area contributed by atoms with Crippen molar-refractivity contribution in [3.05, 3.63) is 22.7 Å². The van der Waals surface area contributed by atoms with Crippen LogP contribution in [-0.4, -0.2) is 20.3 Å². The standard InChI is InChI=1S/C15H20ClNO2/c1-18-14-12(16)6-11(15(9-17)4-5-15)7-13(14)19-8-10-2-3-10/h6-7,10H,2-5,8-9,17H2,1H3. The first kappa shape index (κ1) is 13.1. The summed E-state index contributed by atoms with van der Waals surface area (Å²) < 4.78 is 11.3. The Morgan fingerprint density at radius 1 is 1.37 bits per heavy atom. The summed E-state index contributed by atoms with van der Waals surface area (Å²) in [6.45, 7) is 1.42. The Hall–Kier alpha value is -0.930. The van der Waals surface area contributed by atoms with E-state index in [0.29, 0.717) is 23.2 Å². The summed E-state index contributed by atoms with van der Waals surface area (Å²) in [4.78, 5) is 0. The van der Waals surface area contributed by atoms with Gasteiger partial charge in [-0.2, -0.15) is 0 Å². The van der Waals surface area contributed by atoms with Gasteiger partial charge in [0, 0.05) is 12.0 Å². The van der Waals surface area contributed by atoms with Crippen LogP contribution >= 0.6 is 11.6 Å². The van der Waals surface area contributed by atoms with E-state index in [9.17, 15) is 0 Å². The van der Waals surface area contributed by atoms with E-state index < -0.39 is 0 Å². The molecule has 2 aliphatic carbocycles. The lowest BCUT2D eigenvalue weighted by Gasteiger charge is -2.18. The first-order valence-corrected chi connectivity index (χ1v) is 7.27. The number of ether oxygens (including phenoxy) is 2. The molecule has 2 fully saturated rings. The molecule has 1 aromatic carbocycles. The quantitative estimate of drug-likeness (QED) is 0.871. The predicted octanol–water partition coefficient (Wildman–Crippen LogP) is 3.13. The Morgan fingerprint density at radius 3 is 2.63 bits per heavy atom. The van der Waals surface area contributed by atoms with Crippen LogP contribution in [-0.2, 0) is 5.41 Å². The number of benzene rings is 1. The van der Waals surface area contributed by atoms with E-state index in [1.54, 1.807) is 7.11 Å². The monoisotopic (exact) mass is 281 g/mol. The average molecular weight is 282 g/mol. The Labute approximate surface area is 119 Å². The number of hydrogen-bond acceptors (Lipinski definition) is 3. The third-order valence-electron chi connectivity index (χ3n) is 4.24. The maximum absolute atomic E-state index is 6.31. The second-order valence-corrected chi connectivity index (χ2v) is 6.14. The maximum atomic E-state index is 6.31. The molecule has 3 nitrogen and oxygen atoms in total. The van der Waals surface area contributed by atoms with Crippen molar-refractivity contribution in [1.29, 1.82) is 0 Å². The molecule has 0 atom stereocenters. The second kappa shape index (κ2) is 4.88. The highest BCUT2D eigenvalue weighted by Crippen LogP contribution is 2.50. The molecule has 104 valence electrons. The molecule has 0 heterocycles. The van der Waals surface area contributed by atoms with Crippen LogP contribution < -0.4 is 15.2 Å². The van der Waals surface area contributed by atoms with Gasteiger partial charge in [-0.3, -0.25) is 0 Å². The Bertz CT molecular complexity index is 481. The van der Waals surface area contributed by atoms with Crippen LogP contribution in [0.1, 0.15) is 31.2 Å². The summed E-state index contributed by atoms with van der Waals surface area (Å²) in [5, 5.41) is 0.616. The lowest BCUT2D eigenvalue weighted by molar-refractivity contribution is 0.280. The van der Waals surface area contributed by atoms with Gasteiger partial charge in [-0.15, -0.1) is 0 Å². The van der Waals surface area contributed by atoms with Gasteiger partial charge in [-0.1, -0.05) is 11.6 Å². The molecule has 0 unspecified atom stereocenters. The van der Waals surface area contributed by atoms with Crippen molar-refractivity contribution in [3.63, 3.8) is 0 Å². The summed E-state index contributed by atoms with van der Waals surface area (Å²) in [6, 6.07) is 4.04. The van der Waals surface area contributed by atoms with Crippen LogP contribution in [0, 0.1) is 5.92 Å². The average Bonchev–Trinajstić information content (AvgIpc) is 3.29. The molecule has 4 heteroatoms. The molecule has 0 aliphatic heterocycles.